The van der Waals surface area contributed by atoms with E-state index < -0.39 is 10.0 Å². The number of rotatable bonds is 4. The zero-order valence-corrected chi connectivity index (χ0v) is 13.3. The lowest BCUT2D eigenvalue weighted by Gasteiger charge is -2.07. The molecule has 5 heteroatoms. The van der Waals surface area contributed by atoms with Gasteiger partial charge in [-0.25, -0.2) is 12.4 Å². The number of methoxy groups -OCH3 is 1. The smallest absolute Gasteiger partial charge is 0.268 e. The lowest BCUT2D eigenvalue weighted by atomic mass is 10.1. The third kappa shape index (κ3) is 2.27. The van der Waals surface area contributed by atoms with Crippen molar-refractivity contribution in [3.8, 4) is 5.75 Å². The van der Waals surface area contributed by atoms with Crippen LogP contribution < -0.4 is 4.74 Å². The Morgan fingerprint density at radius 1 is 1.09 bits per heavy atom. The summed E-state index contributed by atoms with van der Waals surface area (Å²) >= 11 is 0. The summed E-state index contributed by atoms with van der Waals surface area (Å²) in [5.74, 6) is 0.719. The van der Waals surface area contributed by atoms with E-state index in [0.717, 1.165) is 23.1 Å². The summed E-state index contributed by atoms with van der Waals surface area (Å²) in [4.78, 5) is 0.283. The Morgan fingerprint density at radius 2 is 1.82 bits per heavy atom. The van der Waals surface area contributed by atoms with Crippen LogP contribution in [0.5, 0.6) is 5.75 Å². The highest BCUT2D eigenvalue weighted by molar-refractivity contribution is 7.90. The van der Waals surface area contributed by atoms with Crippen LogP contribution in [0.3, 0.4) is 0 Å². The molecule has 0 aliphatic rings. The van der Waals surface area contributed by atoms with Crippen LogP contribution >= 0.6 is 0 Å². The monoisotopic (exact) mass is 315 g/mol. The number of hydrogen-bond donors (Lipinski definition) is 0. The van der Waals surface area contributed by atoms with Crippen molar-refractivity contribution >= 4 is 20.9 Å². The minimum Gasteiger partial charge on any atom is -0.497 e. The highest BCUT2D eigenvalue weighted by Gasteiger charge is 2.20. The van der Waals surface area contributed by atoms with Crippen LogP contribution in [0.25, 0.3) is 10.9 Å². The molecule has 0 atom stereocenters. The van der Waals surface area contributed by atoms with Crippen LogP contribution in [0.2, 0.25) is 0 Å². The Labute approximate surface area is 130 Å². The largest absolute Gasteiger partial charge is 0.497 e. The van der Waals surface area contributed by atoms with Crippen molar-refractivity contribution in [1.82, 2.24) is 3.97 Å². The highest BCUT2D eigenvalue weighted by atomic mass is 32.2. The van der Waals surface area contributed by atoms with Crippen LogP contribution in [0.4, 0.5) is 0 Å². The molecule has 0 radical (unpaired) electrons. The van der Waals surface area contributed by atoms with Gasteiger partial charge in [-0.15, -0.1) is 0 Å². The first-order valence-electron chi connectivity index (χ1n) is 7.06. The number of nitrogens with zero attached hydrogens (tertiary/aromatic N) is 1. The van der Waals surface area contributed by atoms with Gasteiger partial charge in [0.15, 0.2) is 0 Å². The number of ether oxygens (including phenoxy) is 1. The molecule has 4 nitrogen and oxygen atoms in total. The van der Waals surface area contributed by atoms with E-state index in [9.17, 15) is 8.42 Å². The van der Waals surface area contributed by atoms with Gasteiger partial charge in [-0.2, -0.15) is 0 Å². The molecule has 114 valence electrons. The normalized spacial score (nSPS) is 11.7. The van der Waals surface area contributed by atoms with Crippen molar-refractivity contribution in [2.24, 2.45) is 0 Å². The van der Waals surface area contributed by atoms with Gasteiger partial charge in [0.05, 0.1) is 17.5 Å². The third-order valence-electron chi connectivity index (χ3n) is 3.74. The highest BCUT2D eigenvalue weighted by Crippen LogP contribution is 2.29. The average Bonchev–Trinajstić information content (AvgIpc) is 2.94. The molecule has 0 saturated heterocycles. The zero-order chi connectivity index (χ0) is 15.7. The van der Waals surface area contributed by atoms with Gasteiger partial charge in [0, 0.05) is 11.6 Å². The predicted octanol–water partition coefficient (Wildman–Crippen LogP) is 3.45. The maximum absolute atomic E-state index is 12.9. The van der Waals surface area contributed by atoms with Gasteiger partial charge in [-0.1, -0.05) is 25.1 Å². The summed E-state index contributed by atoms with van der Waals surface area (Å²) in [7, 11) is -2.00. The zero-order valence-electron chi connectivity index (χ0n) is 12.5. The number of benzene rings is 2. The molecule has 3 rings (SSSR count). The number of fused-ring (bicyclic) bond motifs is 1. The average molecular weight is 315 g/mol. The molecule has 0 saturated carbocycles. The summed E-state index contributed by atoms with van der Waals surface area (Å²) in [6.45, 7) is 2.01. The molecule has 0 bridgehead atoms. The Morgan fingerprint density at radius 3 is 2.45 bits per heavy atom. The van der Waals surface area contributed by atoms with Crippen molar-refractivity contribution in [2.75, 3.05) is 7.11 Å². The van der Waals surface area contributed by atoms with Gasteiger partial charge in [0.25, 0.3) is 10.0 Å². The molecule has 0 aliphatic carbocycles. The van der Waals surface area contributed by atoms with Gasteiger partial charge < -0.3 is 4.74 Å². The molecule has 0 aliphatic heterocycles. The third-order valence-corrected chi connectivity index (χ3v) is 5.43. The second-order valence-corrected chi connectivity index (χ2v) is 6.82. The van der Waals surface area contributed by atoms with Crippen molar-refractivity contribution in [3.05, 3.63) is 60.3 Å². The van der Waals surface area contributed by atoms with Crippen LogP contribution in [-0.4, -0.2) is 19.5 Å². The van der Waals surface area contributed by atoms with E-state index in [0.29, 0.717) is 5.52 Å². The van der Waals surface area contributed by atoms with E-state index in [4.69, 9.17) is 4.74 Å². The van der Waals surface area contributed by atoms with Gasteiger partial charge in [-0.05, 0) is 42.3 Å². The van der Waals surface area contributed by atoms with E-state index >= 15 is 0 Å². The minimum atomic E-state index is -3.60. The molecule has 3 aromatic rings. The molecular formula is C17H17NO3S. The van der Waals surface area contributed by atoms with Crippen molar-refractivity contribution < 1.29 is 13.2 Å². The molecule has 22 heavy (non-hydrogen) atoms. The van der Waals surface area contributed by atoms with E-state index in [1.165, 1.54) is 3.97 Å². The SMILES string of the molecule is CCc1cn(S(=O)(=O)c2ccccc2)c2ccc(OC)cc12. The molecule has 0 fully saturated rings. The topological polar surface area (TPSA) is 48.3 Å². The molecular weight excluding hydrogens is 298 g/mol. The van der Waals surface area contributed by atoms with E-state index in [1.807, 2.05) is 13.0 Å². The van der Waals surface area contributed by atoms with E-state index in [1.54, 1.807) is 55.8 Å². The molecule has 0 unspecified atom stereocenters. The second-order valence-electron chi connectivity index (χ2n) is 5.00. The van der Waals surface area contributed by atoms with Crippen LogP contribution in [-0.2, 0) is 16.4 Å². The Balaban J connectivity index is 2.28. The van der Waals surface area contributed by atoms with Crippen molar-refractivity contribution in [1.29, 1.82) is 0 Å². The first-order valence-corrected chi connectivity index (χ1v) is 8.50. The maximum atomic E-state index is 12.9. The Kier molecular flexibility index (Phi) is 3.66. The number of hydrogen-bond acceptors (Lipinski definition) is 3. The minimum absolute atomic E-state index is 0.283. The van der Waals surface area contributed by atoms with Crippen LogP contribution in [0.15, 0.2) is 59.6 Å². The molecule has 1 heterocycles. The predicted molar refractivity (Wildman–Crippen MR) is 86.9 cm³/mol. The maximum Gasteiger partial charge on any atom is 0.268 e. The summed E-state index contributed by atoms with van der Waals surface area (Å²) in [6.07, 6.45) is 2.45. The van der Waals surface area contributed by atoms with Crippen LogP contribution in [0.1, 0.15) is 12.5 Å². The van der Waals surface area contributed by atoms with Gasteiger partial charge in [0.2, 0.25) is 0 Å². The lowest BCUT2D eigenvalue weighted by Crippen LogP contribution is -2.11. The fourth-order valence-electron chi connectivity index (χ4n) is 2.56. The quantitative estimate of drug-likeness (QED) is 0.741. The molecule has 2 aromatic carbocycles. The van der Waals surface area contributed by atoms with Gasteiger partial charge in [-0.3, -0.25) is 0 Å². The van der Waals surface area contributed by atoms with Crippen LogP contribution in [0, 0.1) is 0 Å². The number of aryl methyl sites for hydroxylation is 1. The fraction of sp³-hybridized carbons (Fsp3) is 0.176. The van der Waals surface area contributed by atoms with E-state index in [2.05, 4.69) is 0 Å². The van der Waals surface area contributed by atoms with Crippen molar-refractivity contribution in [2.45, 2.75) is 18.2 Å². The van der Waals surface area contributed by atoms with Gasteiger partial charge >= 0.3 is 0 Å². The summed E-state index contributed by atoms with van der Waals surface area (Å²) < 4.78 is 32.3. The lowest BCUT2D eigenvalue weighted by molar-refractivity contribution is 0.415. The second kappa shape index (κ2) is 5.50. The van der Waals surface area contributed by atoms with Crippen molar-refractivity contribution in [3.63, 3.8) is 0 Å². The first kappa shape index (κ1) is 14.7. The molecule has 1 aromatic heterocycles. The molecule has 0 N–H and O–H groups in total. The summed E-state index contributed by atoms with van der Waals surface area (Å²) in [6, 6.07) is 13.9. The molecule has 0 spiro atoms. The fourth-order valence-corrected chi connectivity index (χ4v) is 3.97. The first-order chi connectivity index (χ1) is 10.6. The molecule has 0 amide bonds. The Hall–Kier alpha value is -2.27. The number of aromatic nitrogens is 1. The summed E-state index contributed by atoms with van der Waals surface area (Å²) in [5.41, 5.74) is 1.65. The van der Waals surface area contributed by atoms with E-state index in [-0.39, 0.29) is 4.90 Å². The standard InChI is InChI=1S/C17H17NO3S/c1-3-13-12-18(17-10-9-14(21-2)11-16(13)17)22(19,20)15-7-5-4-6-8-15/h4-12H,3H2,1-2H3. The van der Waals surface area contributed by atoms with Gasteiger partial charge in [0.1, 0.15) is 5.75 Å². The Bertz CT molecular complexity index is 912. The summed E-state index contributed by atoms with van der Waals surface area (Å²) in [5, 5.41) is 0.904.